The molecule has 0 saturated carbocycles. The van der Waals surface area contributed by atoms with Gasteiger partial charge in [-0.15, -0.1) is 10.2 Å². The number of rotatable bonds is 9. The molecule has 0 unspecified atom stereocenters. The highest BCUT2D eigenvalue weighted by Crippen LogP contribution is 2.24. The van der Waals surface area contributed by atoms with Gasteiger partial charge < -0.3 is 15.2 Å². The maximum atomic E-state index is 12.9. The highest BCUT2D eigenvalue weighted by atomic mass is 32.2. The summed E-state index contributed by atoms with van der Waals surface area (Å²) in [4.78, 5) is 25.3. The van der Waals surface area contributed by atoms with Crippen molar-refractivity contribution in [3.63, 3.8) is 0 Å². The zero-order valence-electron chi connectivity index (χ0n) is 18.7. The fourth-order valence-corrected chi connectivity index (χ4v) is 4.25. The van der Waals surface area contributed by atoms with Crippen LogP contribution < -0.4 is 10.6 Å². The predicted octanol–water partition coefficient (Wildman–Crippen LogP) is 4.11. The van der Waals surface area contributed by atoms with Gasteiger partial charge in [0.05, 0.1) is 5.75 Å². The minimum absolute atomic E-state index is 0.0341. The minimum Gasteiger partial charge on any atom is -0.351 e. The van der Waals surface area contributed by atoms with Crippen LogP contribution in [-0.2, 0) is 11.8 Å². The number of anilines is 1. The first-order valence-corrected chi connectivity index (χ1v) is 11.8. The number of thioether (sulfide) groups is 1. The van der Waals surface area contributed by atoms with Crippen LogP contribution in [0.1, 0.15) is 27.4 Å². The molecule has 2 N–H and O–H groups in total. The third-order valence-electron chi connectivity index (χ3n) is 5.28. The van der Waals surface area contributed by atoms with Gasteiger partial charge in [-0.05, 0) is 29.3 Å². The van der Waals surface area contributed by atoms with Crippen molar-refractivity contribution in [1.29, 1.82) is 0 Å². The second-order valence-corrected chi connectivity index (χ2v) is 8.67. The quantitative estimate of drug-likeness (QED) is 0.359. The molecular formula is C26H25N5O2S. The Balaban J connectivity index is 1.38. The van der Waals surface area contributed by atoms with Gasteiger partial charge in [0, 0.05) is 30.8 Å². The van der Waals surface area contributed by atoms with E-state index in [-0.39, 0.29) is 23.5 Å². The normalized spacial score (nSPS) is 10.8. The summed E-state index contributed by atoms with van der Waals surface area (Å²) >= 11 is 1.30. The van der Waals surface area contributed by atoms with Gasteiger partial charge in [-0.3, -0.25) is 9.59 Å². The van der Waals surface area contributed by atoms with Gasteiger partial charge in [0.2, 0.25) is 5.91 Å². The van der Waals surface area contributed by atoms with Crippen molar-refractivity contribution in [1.82, 2.24) is 20.1 Å². The van der Waals surface area contributed by atoms with Gasteiger partial charge in [0.25, 0.3) is 5.91 Å². The van der Waals surface area contributed by atoms with Gasteiger partial charge in [-0.2, -0.15) is 0 Å². The minimum atomic E-state index is -0.193. The molecule has 172 valence electrons. The average molecular weight is 472 g/mol. The van der Waals surface area contributed by atoms with Crippen LogP contribution >= 0.6 is 11.8 Å². The molecule has 0 radical (unpaired) electrons. The molecule has 1 heterocycles. The van der Waals surface area contributed by atoms with Crippen LogP contribution in [-0.4, -0.2) is 38.9 Å². The third-order valence-corrected chi connectivity index (χ3v) is 6.32. The Morgan fingerprint density at radius 3 is 2.24 bits per heavy atom. The van der Waals surface area contributed by atoms with E-state index >= 15 is 0 Å². The maximum absolute atomic E-state index is 12.9. The molecule has 0 spiro atoms. The zero-order chi connectivity index (χ0) is 23.8. The highest BCUT2D eigenvalue weighted by molar-refractivity contribution is 7.99. The molecule has 0 aliphatic heterocycles. The fraction of sp³-hybridized carbons (Fsp3) is 0.154. The number of aromatic nitrogens is 3. The molecule has 4 aromatic rings. The van der Waals surface area contributed by atoms with Crippen molar-refractivity contribution in [3.8, 4) is 0 Å². The van der Waals surface area contributed by atoms with E-state index in [1.807, 2.05) is 43.4 Å². The summed E-state index contributed by atoms with van der Waals surface area (Å²) in [5.74, 6) is -0.147. The Morgan fingerprint density at radius 1 is 0.941 bits per heavy atom. The van der Waals surface area contributed by atoms with E-state index in [4.69, 9.17) is 0 Å². The number of amides is 2. The third kappa shape index (κ3) is 6.11. The topological polar surface area (TPSA) is 88.9 Å². The Hall–Kier alpha value is -3.91. The van der Waals surface area contributed by atoms with Gasteiger partial charge in [0.1, 0.15) is 6.33 Å². The summed E-state index contributed by atoms with van der Waals surface area (Å²) in [7, 11) is 1.82. The molecular weight excluding hydrogens is 446 g/mol. The number of aryl methyl sites for hydroxylation is 1. The lowest BCUT2D eigenvalue weighted by Crippen LogP contribution is -2.29. The number of hydrogen-bond acceptors (Lipinski definition) is 5. The summed E-state index contributed by atoms with van der Waals surface area (Å²) in [6.07, 6.45) is 1.59. The van der Waals surface area contributed by atoms with Crippen molar-refractivity contribution in [2.24, 2.45) is 7.05 Å². The number of carbonyl (C=O) groups excluding carboxylic acids is 2. The van der Waals surface area contributed by atoms with E-state index in [1.54, 1.807) is 35.2 Å². The molecule has 8 heteroatoms. The smallest absolute Gasteiger partial charge is 0.251 e. The molecule has 0 atom stereocenters. The monoisotopic (exact) mass is 471 g/mol. The predicted molar refractivity (Wildman–Crippen MR) is 134 cm³/mol. The second kappa shape index (κ2) is 11.3. The van der Waals surface area contributed by atoms with Crippen molar-refractivity contribution >= 4 is 29.3 Å². The van der Waals surface area contributed by atoms with Gasteiger partial charge in [-0.1, -0.05) is 78.5 Å². The van der Waals surface area contributed by atoms with Gasteiger partial charge in [-0.25, -0.2) is 0 Å². The van der Waals surface area contributed by atoms with Crippen LogP contribution in [0.25, 0.3) is 0 Å². The summed E-state index contributed by atoms with van der Waals surface area (Å²) in [5, 5.41) is 14.3. The summed E-state index contributed by atoms with van der Waals surface area (Å²) in [6, 6.07) is 27.2. The van der Waals surface area contributed by atoms with Crippen LogP contribution in [0.5, 0.6) is 0 Å². The van der Waals surface area contributed by atoms with E-state index < -0.39 is 0 Å². The lowest BCUT2D eigenvalue weighted by atomic mass is 9.91. The van der Waals surface area contributed by atoms with Crippen molar-refractivity contribution in [2.45, 2.75) is 11.1 Å². The van der Waals surface area contributed by atoms with Gasteiger partial charge >= 0.3 is 0 Å². The number of carbonyl (C=O) groups is 2. The molecule has 0 aliphatic rings. The summed E-state index contributed by atoms with van der Waals surface area (Å²) in [5.41, 5.74) is 3.32. The highest BCUT2D eigenvalue weighted by Gasteiger charge is 2.16. The number of benzene rings is 3. The molecule has 2 amide bonds. The first kappa shape index (κ1) is 23.3. The molecule has 4 rings (SSSR count). The van der Waals surface area contributed by atoms with E-state index in [0.717, 1.165) is 11.1 Å². The van der Waals surface area contributed by atoms with Crippen LogP contribution in [0, 0.1) is 0 Å². The Labute approximate surface area is 202 Å². The van der Waals surface area contributed by atoms with Crippen LogP contribution in [0.4, 0.5) is 5.69 Å². The van der Waals surface area contributed by atoms with Gasteiger partial charge in [0.15, 0.2) is 5.16 Å². The van der Waals surface area contributed by atoms with E-state index in [9.17, 15) is 9.59 Å². The first-order chi connectivity index (χ1) is 16.6. The number of hydrogen-bond donors (Lipinski definition) is 2. The van der Waals surface area contributed by atoms with E-state index in [2.05, 4.69) is 45.1 Å². The molecule has 7 nitrogen and oxygen atoms in total. The lowest BCUT2D eigenvalue weighted by Gasteiger charge is -2.19. The Kier molecular flexibility index (Phi) is 7.72. The van der Waals surface area contributed by atoms with E-state index in [0.29, 0.717) is 23.0 Å². The standard InChI is InChI=1S/C26H25N5O2S/c1-31-18-28-30-26(31)34-17-24(32)29-22-14-8-13-21(15-22)25(33)27-16-23(19-9-4-2-5-10-19)20-11-6-3-7-12-20/h2-15,18,23H,16-17H2,1H3,(H,27,33)(H,29,32). The molecule has 0 saturated heterocycles. The Morgan fingerprint density at radius 2 is 1.62 bits per heavy atom. The first-order valence-electron chi connectivity index (χ1n) is 10.8. The fourth-order valence-electron chi connectivity index (χ4n) is 3.56. The van der Waals surface area contributed by atoms with Crippen molar-refractivity contribution in [3.05, 3.63) is 108 Å². The summed E-state index contributed by atoms with van der Waals surface area (Å²) < 4.78 is 1.75. The SMILES string of the molecule is Cn1cnnc1SCC(=O)Nc1cccc(C(=O)NCC(c2ccccc2)c2ccccc2)c1. The zero-order valence-corrected chi connectivity index (χ0v) is 19.5. The molecule has 34 heavy (non-hydrogen) atoms. The summed E-state index contributed by atoms with van der Waals surface area (Å²) in [6.45, 7) is 0.456. The molecule has 0 bridgehead atoms. The van der Waals surface area contributed by atoms with Crippen molar-refractivity contribution < 1.29 is 9.59 Å². The van der Waals surface area contributed by atoms with E-state index in [1.165, 1.54) is 11.8 Å². The molecule has 0 fully saturated rings. The molecule has 1 aromatic heterocycles. The van der Waals surface area contributed by atoms with Crippen LogP contribution in [0.3, 0.4) is 0 Å². The molecule has 3 aromatic carbocycles. The largest absolute Gasteiger partial charge is 0.351 e. The second-order valence-electron chi connectivity index (χ2n) is 7.73. The average Bonchev–Trinajstić information content (AvgIpc) is 3.29. The van der Waals surface area contributed by atoms with Crippen LogP contribution in [0.15, 0.2) is 96.4 Å². The van der Waals surface area contributed by atoms with Crippen molar-refractivity contribution in [2.75, 3.05) is 17.6 Å². The van der Waals surface area contributed by atoms with Crippen LogP contribution in [0.2, 0.25) is 0 Å². The number of nitrogens with one attached hydrogen (secondary N) is 2. The lowest BCUT2D eigenvalue weighted by molar-refractivity contribution is -0.113. The maximum Gasteiger partial charge on any atom is 0.251 e. The Bertz CT molecular complexity index is 1200. The molecule has 0 aliphatic carbocycles. The number of nitrogens with zero attached hydrogens (tertiary/aromatic N) is 3.